The van der Waals surface area contributed by atoms with E-state index in [1.165, 1.54) is 6.92 Å². The van der Waals surface area contributed by atoms with Crippen molar-refractivity contribution in [3.05, 3.63) is 28.2 Å². The average Bonchev–Trinajstić information content (AvgIpc) is 2.30. The number of halogens is 1. The zero-order valence-corrected chi connectivity index (χ0v) is 11.2. The van der Waals surface area contributed by atoms with E-state index >= 15 is 0 Å². The van der Waals surface area contributed by atoms with Gasteiger partial charge in [0.1, 0.15) is 5.75 Å². The van der Waals surface area contributed by atoms with E-state index in [2.05, 4.69) is 15.9 Å². The second kappa shape index (κ2) is 5.82. The Labute approximate surface area is 108 Å². The molecule has 0 spiro atoms. The summed E-state index contributed by atoms with van der Waals surface area (Å²) < 4.78 is 6.00. The van der Waals surface area contributed by atoms with Gasteiger partial charge in [-0.2, -0.15) is 0 Å². The first-order chi connectivity index (χ1) is 7.95. The summed E-state index contributed by atoms with van der Waals surface area (Å²) in [4.78, 5) is 22.4. The number of carbonyl (C=O) groups is 2. The highest BCUT2D eigenvalue weighted by Gasteiger charge is 2.17. The monoisotopic (exact) mass is 300 g/mol. The molecule has 0 aliphatic carbocycles. The second-order valence-electron chi connectivity index (χ2n) is 3.52. The average molecular weight is 301 g/mol. The molecule has 0 aliphatic rings. The first-order valence-corrected chi connectivity index (χ1v) is 5.97. The number of ketones is 1. The van der Waals surface area contributed by atoms with E-state index in [0.717, 1.165) is 4.47 Å². The first-order valence-electron chi connectivity index (χ1n) is 5.18. The van der Waals surface area contributed by atoms with Crippen LogP contribution in [0.2, 0.25) is 0 Å². The van der Waals surface area contributed by atoms with Gasteiger partial charge in [-0.3, -0.25) is 4.79 Å². The smallest absolute Gasteiger partial charge is 0.344 e. The Morgan fingerprint density at radius 1 is 1.47 bits per heavy atom. The number of carbonyl (C=O) groups excluding carboxylic acids is 1. The van der Waals surface area contributed by atoms with Crippen molar-refractivity contribution in [2.75, 3.05) is 0 Å². The molecule has 1 N–H and O–H groups in total. The third-order valence-electron chi connectivity index (χ3n) is 2.21. The van der Waals surface area contributed by atoms with Crippen LogP contribution in [-0.4, -0.2) is 23.0 Å². The van der Waals surface area contributed by atoms with E-state index in [1.807, 2.05) is 0 Å². The molecule has 0 saturated carbocycles. The van der Waals surface area contributed by atoms with Crippen LogP contribution < -0.4 is 4.74 Å². The lowest BCUT2D eigenvalue weighted by Crippen LogP contribution is -2.23. The fraction of sp³-hybridized carbons (Fsp3) is 0.333. The highest BCUT2D eigenvalue weighted by molar-refractivity contribution is 9.10. The molecule has 0 aromatic heterocycles. The van der Waals surface area contributed by atoms with Crippen LogP contribution in [0.4, 0.5) is 0 Å². The van der Waals surface area contributed by atoms with Crippen molar-refractivity contribution < 1.29 is 19.4 Å². The van der Waals surface area contributed by atoms with Crippen molar-refractivity contribution in [3.63, 3.8) is 0 Å². The van der Waals surface area contributed by atoms with Crippen LogP contribution in [0.5, 0.6) is 5.75 Å². The van der Waals surface area contributed by atoms with Gasteiger partial charge >= 0.3 is 5.97 Å². The summed E-state index contributed by atoms with van der Waals surface area (Å²) in [6.45, 7) is 3.16. The molecule has 92 valence electrons. The molecular formula is C12H13BrO4. The first kappa shape index (κ1) is 13.7. The molecule has 0 amide bonds. The molecule has 4 nitrogen and oxygen atoms in total. The minimum atomic E-state index is -1.07. The standard InChI is InChI=1S/C12H13BrO4/c1-3-10(14)9-6-8(13)4-5-11(9)17-7(2)12(15)16/h4-7H,3H2,1-2H3,(H,15,16). The number of Topliss-reactive ketones (excluding diaryl/α,β-unsaturated/α-hetero) is 1. The molecule has 1 unspecified atom stereocenters. The summed E-state index contributed by atoms with van der Waals surface area (Å²) in [5, 5.41) is 8.77. The quantitative estimate of drug-likeness (QED) is 0.849. The van der Waals surface area contributed by atoms with Gasteiger partial charge in [-0.1, -0.05) is 22.9 Å². The predicted octanol–water partition coefficient (Wildman–Crippen LogP) is 2.89. The van der Waals surface area contributed by atoms with Crippen LogP contribution in [0.1, 0.15) is 30.6 Å². The van der Waals surface area contributed by atoms with Crippen LogP contribution in [0.3, 0.4) is 0 Å². The fourth-order valence-corrected chi connectivity index (χ4v) is 1.62. The Balaban J connectivity index is 3.06. The summed E-state index contributed by atoms with van der Waals surface area (Å²) >= 11 is 3.26. The molecule has 0 fully saturated rings. The number of rotatable bonds is 5. The highest BCUT2D eigenvalue weighted by Crippen LogP contribution is 2.25. The maximum atomic E-state index is 11.7. The third kappa shape index (κ3) is 3.56. The summed E-state index contributed by atoms with van der Waals surface area (Å²) in [6.07, 6.45) is -0.645. The van der Waals surface area contributed by atoms with Gasteiger partial charge in [0.2, 0.25) is 0 Å². The van der Waals surface area contributed by atoms with E-state index < -0.39 is 12.1 Å². The van der Waals surface area contributed by atoms with Crippen LogP contribution >= 0.6 is 15.9 Å². The zero-order chi connectivity index (χ0) is 13.0. The van der Waals surface area contributed by atoms with E-state index in [9.17, 15) is 9.59 Å². The van der Waals surface area contributed by atoms with Crippen molar-refractivity contribution >= 4 is 27.7 Å². The molecule has 0 heterocycles. The maximum absolute atomic E-state index is 11.7. The molecule has 0 aliphatic heterocycles. The van der Waals surface area contributed by atoms with Crippen LogP contribution in [0, 0.1) is 0 Å². The van der Waals surface area contributed by atoms with Gasteiger partial charge in [-0.15, -0.1) is 0 Å². The minimum absolute atomic E-state index is 0.0844. The summed E-state index contributed by atoms with van der Waals surface area (Å²) in [6, 6.07) is 4.93. The van der Waals surface area contributed by atoms with Gasteiger partial charge in [0.05, 0.1) is 5.56 Å². The van der Waals surface area contributed by atoms with Gasteiger partial charge in [0.15, 0.2) is 11.9 Å². The number of aliphatic carboxylic acids is 1. The van der Waals surface area contributed by atoms with Crippen molar-refractivity contribution in [1.29, 1.82) is 0 Å². The Morgan fingerprint density at radius 2 is 2.12 bits per heavy atom. The van der Waals surface area contributed by atoms with E-state index in [4.69, 9.17) is 9.84 Å². The number of benzene rings is 1. The van der Waals surface area contributed by atoms with E-state index in [1.54, 1.807) is 25.1 Å². The molecule has 1 atom stereocenters. The van der Waals surface area contributed by atoms with Crippen molar-refractivity contribution in [2.24, 2.45) is 0 Å². The molecule has 0 radical (unpaired) electrons. The molecule has 5 heteroatoms. The molecule has 1 rings (SSSR count). The van der Waals surface area contributed by atoms with Gasteiger partial charge in [0.25, 0.3) is 0 Å². The molecular weight excluding hydrogens is 288 g/mol. The van der Waals surface area contributed by atoms with Gasteiger partial charge in [0, 0.05) is 10.9 Å². The van der Waals surface area contributed by atoms with Crippen LogP contribution in [-0.2, 0) is 4.79 Å². The van der Waals surface area contributed by atoms with E-state index in [0.29, 0.717) is 17.7 Å². The SMILES string of the molecule is CCC(=O)c1cc(Br)ccc1OC(C)C(=O)O. The summed E-state index contributed by atoms with van der Waals surface area (Å²) in [7, 11) is 0. The normalized spacial score (nSPS) is 11.9. The van der Waals surface area contributed by atoms with E-state index in [-0.39, 0.29) is 5.78 Å². The Hall–Kier alpha value is -1.36. The zero-order valence-electron chi connectivity index (χ0n) is 9.57. The summed E-state index contributed by atoms with van der Waals surface area (Å²) in [5.74, 6) is -0.850. The maximum Gasteiger partial charge on any atom is 0.344 e. The van der Waals surface area contributed by atoms with Crippen molar-refractivity contribution in [3.8, 4) is 5.75 Å². The lowest BCUT2D eigenvalue weighted by Gasteiger charge is -2.13. The lowest BCUT2D eigenvalue weighted by atomic mass is 10.1. The molecule has 1 aromatic rings. The minimum Gasteiger partial charge on any atom is -0.479 e. The number of ether oxygens (including phenoxy) is 1. The second-order valence-corrected chi connectivity index (χ2v) is 4.43. The van der Waals surface area contributed by atoms with Crippen LogP contribution in [0.25, 0.3) is 0 Å². The number of hydrogen-bond acceptors (Lipinski definition) is 3. The van der Waals surface area contributed by atoms with Gasteiger partial charge in [-0.05, 0) is 25.1 Å². The largest absolute Gasteiger partial charge is 0.479 e. The van der Waals surface area contributed by atoms with Gasteiger partial charge < -0.3 is 9.84 Å². The molecule has 1 aromatic carbocycles. The number of carboxylic acids is 1. The Morgan fingerprint density at radius 3 is 2.65 bits per heavy atom. The molecule has 0 saturated heterocycles. The number of hydrogen-bond donors (Lipinski definition) is 1. The predicted molar refractivity (Wildman–Crippen MR) is 66.5 cm³/mol. The molecule has 17 heavy (non-hydrogen) atoms. The Bertz CT molecular complexity index is 442. The van der Waals surface area contributed by atoms with Crippen molar-refractivity contribution in [1.82, 2.24) is 0 Å². The van der Waals surface area contributed by atoms with Crippen molar-refractivity contribution in [2.45, 2.75) is 26.4 Å². The fourth-order valence-electron chi connectivity index (χ4n) is 1.25. The third-order valence-corrected chi connectivity index (χ3v) is 2.71. The van der Waals surface area contributed by atoms with Crippen LogP contribution in [0.15, 0.2) is 22.7 Å². The molecule has 0 bridgehead atoms. The Kier molecular flexibility index (Phi) is 4.69. The lowest BCUT2D eigenvalue weighted by molar-refractivity contribution is -0.144. The highest BCUT2D eigenvalue weighted by atomic mass is 79.9. The summed E-state index contributed by atoms with van der Waals surface area (Å²) in [5.41, 5.74) is 0.398. The van der Waals surface area contributed by atoms with Gasteiger partial charge in [-0.25, -0.2) is 4.79 Å². The topological polar surface area (TPSA) is 63.6 Å². The number of carboxylic acid groups (broad SMARTS) is 1.